The van der Waals surface area contributed by atoms with E-state index in [2.05, 4.69) is 15.5 Å². The molecule has 2 heterocycles. The first-order valence-electron chi connectivity index (χ1n) is 10.9. The fourth-order valence-corrected chi connectivity index (χ4v) is 5.01. The Hall–Kier alpha value is -4.14. The molecule has 2 aliphatic rings. The Morgan fingerprint density at radius 1 is 0.912 bits per heavy atom. The number of hydrogen-bond acceptors (Lipinski definition) is 7. The van der Waals surface area contributed by atoms with Crippen molar-refractivity contribution >= 4 is 11.6 Å². The highest BCUT2D eigenvalue weighted by Gasteiger charge is 2.41. The number of phenols is 1. The van der Waals surface area contributed by atoms with Crippen LogP contribution in [0.1, 0.15) is 41.4 Å². The van der Waals surface area contributed by atoms with Crippen LogP contribution in [0.15, 0.2) is 52.5 Å². The monoisotopic (exact) mass is 463 g/mol. The summed E-state index contributed by atoms with van der Waals surface area (Å²) in [6, 6.07) is 10.7. The molecule has 9 heteroatoms. The summed E-state index contributed by atoms with van der Waals surface area (Å²) < 4.78 is 16.0. The molecule has 5 rings (SSSR count). The average molecular weight is 463 g/mol. The number of fused-ring (bicyclic) bond motifs is 1. The fraction of sp³-hybridized carbons (Fsp3) is 0.280. The Morgan fingerprint density at radius 2 is 1.68 bits per heavy atom. The number of anilines is 1. The van der Waals surface area contributed by atoms with Crippen LogP contribution in [0.3, 0.4) is 0 Å². The lowest BCUT2D eigenvalue weighted by atomic mass is 9.72. The van der Waals surface area contributed by atoms with Crippen molar-refractivity contribution in [3.8, 4) is 23.0 Å². The maximum Gasteiger partial charge on any atom is 0.270 e. The summed E-state index contributed by atoms with van der Waals surface area (Å²) in [4.78, 5) is 26.3. The van der Waals surface area contributed by atoms with Gasteiger partial charge in [0, 0.05) is 23.3 Å². The first kappa shape index (κ1) is 21.7. The van der Waals surface area contributed by atoms with Crippen LogP contribution in [0.2, 0.25) is 0 Å². The predicted octanol–water partition coefficient (Wildman–Crippen LogP) is 3.39. The Bertz CT molecular complexity index is 1370. The number of nitrogens with one attached hydrogen (secondary N) is 3. The van der Waals surface area contributed by atoms with Crippen molar-refractivity contribution in [2.45, 2.75) is 24.7 Å². The number of ketones is 1. The topological polar surface area (TPSA) is 126 Å². The molecule has 0 unspecified atom stereocenters. The van der Waals surface area contributed by atoms with Crippen LogP contribution >= 0.6 is 0 Å². The van der Waals surface area contributed by atoms with Crippen LogP contribution in [0.4, 0.5) is 5.82 Å². The predicted molar refractivity (Wildman–Crippen MR) is 125 cm³/mol. The zero-order chi connectivity index (χ0) is 24.0. The third-order valence-electron chi connectivity index (χ3n) is 6.62. The molecule has 3 aromatic rings. The smallest absolute Gasteiger partial charge is 0.270 e. The maximum absolute atomic E-state index is 13.6. The molecule has 0 saturated heterocycles. The molecule has 0 fully saturated rings. The molecule has 0 amide bonds. The van der Waals surface area contributed by atoms with Crippen molar-refractivity contribution in [1.29, 1.82) is 0 Å². The minimum atomic E-state index is -0.727. The third-order valence-corrected chi connectivity index (χ3v) is 6.62. The number of hydrogen-bond donors (Lipinski definition) is 4. The number of allylic oxidation sites excluding steroid dienone is 2. The normalized spacial score (nSPS) is 19.2. The lowest BCUT2D eigenvalue weighted by Crippen LogP contribution is -2.31. The molecule has 1 aliphatic carbocycles. The third kappa shape index (κ3) is 3.32. The van der Waals surface area contributed by atoms with Gasteiger partial charge in [-0.1, -0.05) is 18.2 Å². The molecule has 4 N–H and O–H groups in total. The number of Topliss-reactive ketones (excluding diaryl/α,β-unsaturated/α-hetero) is 1. The van der Waals surface area contributed by atoms with E-state index in [-0.39, 0.29) is 35.2 Å². The van der Waals surface area contributed by atoms with Crippen LogP contribution in [0.5, 0.6) is 23.0 Å². The Balaban J connectivity index is 1.62. The molecule has 1 aromatic heterocycles. The number of para-hydroxylation sites is 1. The SMILES string of the molecule is COc1ccc([C@@H]2CC(=O)C3=C(C2)Nc2[nH][nH]c(=O)c2[C@H]3c2cccc(OC)c2O)cc1OC. The minimum absolute atomic E-state index is 0.0907. The molecule has 176 valence electrons. The molecule has 34 heavy (non-hydrogen) atoms. The highest BCUT2D eigenvalue weighted by atomic mass is 16.5. The summed E-state index contributed by atoms with van der Waals surface area (Å²) in [5.41, 5.74) is 2.60. The van der Waals surface area contributed by atoms with Gasteiger partial charge in [-0.05, 0) is 36.1 Å². The summed E-state index contributed by atoms with van der Waals surface area (Å²) in [6.07, 6.45) is 0.805. The zero-order valence-corrected chi connectivity index (χ0v) is 19.0. The van der Waals surface area contributed by atoms with Crippen LogP contribution in [-0.4, -0.2) is 42.4 Å². The lowest BCUT2D eigenvalue weighted by molar-refractivity contribution is -0.116. The number of benzene rings is 2. The van der Waals surface area contributed by atoms with Gasteiger partial charge in [0.1, 0.15) is 5.82 Å². The van der Waals surface area contributed by atoms with Crippen molar-refractivity contribution in [3.05, 3.63) is 74.7 Å². The van der Waals surface area contributed by atoms with Gasteiger partial charge < -0.3 is 24.6 Å². The van der Waals surface area contributed by atoms with E-state index in [4.69, 9.17) is 14.2 Å². The van der Waals surface area contributed by atoms with Crippen LogP contribution < -0.4 is 25.1 Å². The van der Waals surface area contributed by atoms with E-state index in [1.165, 1.54) is 7.11 Å². The number of phenolic OH excluding ortho intramolecular Hbond substituents is 1. The average Bonchev–Trinajstić information content (AvgIpc) is 3.22. The van der Waals surface area contributed by atoms with Crippen LogP contribution in [0, 0.1) is 0 Å². The van der Waals surface area contributed by atoms with Gasteiger partial charge in [0.2, 0.25) is 0 Å². The summed E-state index contributed by atoms with van der Waals surface area (Å²) in [6.45, 7) is 0. The zero-order valence-electron chi connectivity index (χ0n) is 19.0. The number of ether oxygens (including phenoxy) is 3. The number of aromatic nitrogens is 2. The van der Waals surface area contributed by atoms with Gasteiger partial charge >= 0.3 is 0 Å². The summed E-state index contributed by atoms with van der Waals surface area (Å²) in [5.74, 6) is 0.972. The van der Waals surface area contributed by atoms with Crippen molar-refractivity contribution < 1.29 is 24.1 Å². The Kier molecular flexibility index (Phi) is 5.31. The number of H-pyrrole nitrogens is 2. The Labute approximate surface area is 195 Å². The molecule has 0 saturated carbocycles. The van der Waals surface area contributed by atoms with E-state index < -0.39 is 5.92 Å². The lowest BCUT2D eigenvalue weighted by Gasteiger charge is -2.35. The van der Waals surface area contributed by atoms with Crippen molar-refractivity contribution in [1.82, 2.24) is 10.2 Å². The van der Waals surface area contributed by atoms with E-state index in [9.17, 15) is 14.7 Å². The number of carbonyl (C=O) groups is 1. The molecular weight excluding hydrogens is 438 g/mol. The fourth-order valence-electron chi connectivity index (χ4n) is 5.01. The first-order valence-corrected chi connectivity index (χ1v) is 10.9. The van der Waals surface area contributed by atoms with Gasteiger partial charge in [0.25, 0.3) is 5.56 Å². The molecule has 2 atom stereocenters. The second kappa shape index (κ2) is 8.33. The van der Waals surface area contributed by atoms with Gasteiger partial charge in [0.15, 0.2) is 28.8 Å². The minimum Gasteiger partial charge on any atom is -0.504 e. The van der Waals surface area contributed by atoms with Crippen LogP contribution in [0.25, 0.3) is 0 Å². The number of aromatic amines is 2. The van der Waals surface area contributed by atoms with Crippen LogP contribution in [-0.2, 0) is 4.79 Å². The second-order valence-electron chi connectivity index (χ2n) is 8.36. The van der Waals surface area contributed by atoms with E-state index in [0.29, 0.717) is 46.1 Å². The molecule has 0 spiro atoms. The van der Waals surface area contributed by atoms with Gasteiger partial charge in [-0.25, -0.2) is 0 Å². The number of aromatic hydroxyl groups is 1. The number of rotatable bonds is 5. The Morgan fingerprint density at radius 3 is 2.41 bits per heavy atom. The van der Waals surface area contributed by atoms with E-state index in [1.807, 2.05) is 18.2 Å². The quantitative estimate of drug-likeness (QED) is 0.457. The largest absolute Gasteiger partial charge is 0.504 e. The molecule has 9 nitrogen and oxygen atoms in total. The van der Waals surface area contributed by atoms with Crippen molar-refractivity contribution in [2.24, 2.45) is 0 Å². The van der Waals surface area contributed by atoms with Crippen molar-refractivity contribution in [3.63, 3.8) is 0 Å². The van der Waals surface area contributed by atoms with Gasteiger partial charge in [0.05, 0.1) is 32.8 Å². The number of methoxy groups -OCH3 is 3. The molecule has 0 radical (unpaired) electrons. The van der Waals surface area contributed by atoms with E-state index >= 15 is 0 Å². The summed E-state index contributed by atoms with van der Waals surface area (Å²) in [7, 11) is 4.61. The number of carbonyl (C=O) groups excluding carboxylic acids is 1. The summed E-state index contributed by atoms with van der Waals surface area (Å²) >= 11 is 0. The van der Waals surface area contributed by atoms with Gasteiger partial charge in [-0.3, -0.25) is 19.8 Å². The highest BCUT2D eigenvalue weighted by Crippen LogP contribution is 2.49. The van der Waals surface area contributed by atoms with Gasteiger partial charge in [-0.2, -0.15) is 0 Å². The van der Waals surface area contributed by atoms with Crippen molar-refractivity contribution in [2.75, 3.05) is 26.6 Å². The summed E-state index contributed by atoms with van der Waals surface area (Å²) in [5, 5.41) is 19.6. The second-order valence-corrected chi connectivity index (χ2v) is 8.36. The maximum atomic E-state index is 13.6. The van der Waals surface area contributed by atoms with Gasteiger partial charge in [-0.15, -0.1) is 0 Å². The van der Waals surface area contributed by atoms with E-state index in [1.54, 1.807) is 32.4 Å². The molecule has 2 aromatic carbocycles. The molecule has 0 bridgehead atoms. The van der Waals surface area contributed by atoms with E-state index in [0.717, 1.165) is 5.56 Å². The first-order chi connectivity index (χ1) is 16.5. The molecule has 1 aliphatic heterocycles. The molecular formula is C25H25N3O6. The highest BCUT2D eigenvalue weighted by molar-refractivity contribution is 6.01. The standard InChI is InChI=1S/C25H25N3O6/c1-32-17-8-7-12(11-19(17)34-3)13-9-15-21(16(29)10-13)20(22-24(26-15)27-28-25(22)31)14-5-4-6-18(33-2)23(14)30/h4-8,11,13,20,30H,9-10H2,1-3H3,(H3,26,27,28,31)/t13-,20-/m0/s1.